The van der Waals surface area contributed by atoms with Crippen LogP contribution < -0.4 is 11.5 Å². The van der Waals surface area contributed by atoms with E-state index in [9.17, 15) is 0 Å². The van der Waals surface area contributed by atoms with E-state index in [2.05, 4.69) is 0 Å². The van der Waals surface area contributed by atoms with E-state index >= 15 is 0 Å². The Morgan fingerprint density at radius 2 is 1.62 bits per heavy atom. The van der Waals surface area contributed by atoms with Crippen LogP contribution in [0.2, 0.25) is 0 Å². The van der Waals surface area contributed by atoms with Gasteiger partial charge < -0.3 is 11.5 Å². The Balaban J connectivity index is 0. The first kappa shape index (κ1) is 16.3. The first-order chi connectivity index (χ1) is 5.27. The molecular formula is C9H22Br2N2. The highest BCUT2D eigenvalue weighted by molar-refractivity contribution is 8.93. The van der Waals surface area contributed by atoms with Crippen LogP contribution in [0.1, 0.15) is 44.9 Å². The Hall–Kier alpha value is 0.880. The van der Waals surface area contributed by atoms with Gasteiger partial charge in [-0.05, 0) is 38.6 Å². The van der Waals surface area contributed by atoms with Crippen LogP contribution in [0.4, 0.5) is 0 Å². The van der Waals surface area contributed by atoms with Crippen molar-refractivity contribution in [2.75, 3.05) is 6.54 Å². The molecule has 82 valence electrons. The molecule has 0 aromatic heterocycles. The third-order valence-corrected chi connectivity index (χ3v) is 2.73. The summed E-state index contributed by atoms with van der Waals surface area (Å²) in [7, 11) is 0. The minimum atomic E-state index is 0. The first-order valence-electron chi connectivity index (χ1n) is 4.76. The van der Waals surface area contributed by atoms with E-state index in [1.807, 2.05) is 0 Å². The van der Waals surface area contributed by atoms with Crippen LogP contribution in [-0.2, 0) is 0 Å². The van der Waals surface area contributed by atoms with Gasteiger partial charge >= 0.3 is 0 Å². The van der Waals surface area contributed by atoms with Gasteiger partial charge in [-0.15, -0.1) is 34.0 Å². The largest absolute Gasteiger partial charge is 0.330 e. The average molecular weight is 318 g/mol. The fourth-order valence-corrected chi connectivity index (χ4v) is 1.68. The molecule has 4 heteroatoms. The maximum Gasteiger partial charge on any atom is 0.0154 e. The molecule has 2 nitrogen and oxygen atoms in total. The minimum Gasteiger partial charge on any atom is -0.330 e. The van der Waals surface area contributed by atoms with Gasteiger partial charge in [0.05, 0.1) is 0 Å². The number of rotatable bonds is 5. The van der Waals surface area contributed by atoms with Crippen LogP contribution in [0.5, 0.6) is 0 Å². The summed E-state index contributed by atoms with van der Waals surface area (Å²) in [6, 6.07) is 0. The molecule has 0 aromatic carbocycles. The van der Waals surface area contributed by atoms with Gasteiger partial charge in [-0.1, -0.05) is 12.8 Å². The molecule has 0 atom stereocenters. The van der Waals surface area contributed by atoms with E-state index in [-0.39, 0.29) is 39.5 Å². The van der Waals surface area contributed by atoms with Gasteiger partial charge in [-0.25, -0.2) is 0 Å². The molecule has 0 radical (unpaired) electrons. The molecule has 1 fully saturated rings. The minimum absolute atomic E-state index is 0. The van der Waals surface area contributed by atoms with Crippen molar-refractivity contribution in [2.45, 2.75) is 50.5 Å². The van der Waals surface area contributed by atoms with Crippen molar-refractivity contribution in [2.24, 2.45) is 11.5 Å². The molecule has 0 bridgehead atoms. The lowest BCUT2D eigenvalue weighted by Gasteiger charge is -2.38. The second kappa shape index (κ2) is 8.21. The zero-order valence-corrected chi connectivity index (χ0v) is 11.6. The van der Waals surface area contributed by atoms with Crippen LogP contribution in [0.15, 0.2) is 0 Å². The van der Waals surface area contributed by atoms with E-state index in [0.717, 1.165) is 13.0 Å². The Morgan fingerprint density at radius 1 is 1.00 bits per heavy atom. The molecule has 0 aliphatic heterocycles. The fourth-order valence-electron chi connectivity index (χ4n) is 1.68. The topological polar surface area (TPSA) is 52.0 Å². The predicted octanol–water partition coefficient (Wildman–Crippen LogP) is 2.54. The summed E-state index contributed by atoms with van der Waals surface area (Å²) in [6.07, 6.45) is 8.74. The van der Waals surface area contributed by atoms with Crippen molar-refractivity contribution in [1.29, 1.82) is 0 Å². The summed E-state index contributed by atoms with van der Waals surface area (Å²) in [5, 5.41) is 0. The number of halogens is 2. The predicted molar refractivity (Wildman–Crippen MR) is 68.9 cm³/mol. The zero-order chi connectivity index (χ0) is 8.16. The van der Waals surface area contributed by atoms with Crippen LogP contribution in [0, 0.1) is 0 Å². The third-order valence-electron chi connectivity index (χ3n) is 2.73. The quantitative estimate of drug-likeness (QED) is 0.766. The molecule has 1 aliphatic carbocycles. The fraction of sp³-hybridized carbons (Fsp3) is 1.00. The summed E-state index contributed by atoms with van der Waals surface area (Å²) >= 11 is 0. The number of hydrogen-bond acceptors (Lipinski definition) is 2. The molecule has 13 heavy (non-hydrogen) atoms. The monoisotopic (exact) mass is 316 g/mol. The number of unbranched alkanes of at least 4 members (excludes halogenated alkanes) is 2. The van der Waals surface area contributed by atoms with Crippen molar-refractivity contribution in [1.82, 2.24) is 0 Å². The average Bonchev–Trinajstić information content (AvgIpc) is 1.95. The molecule has 0 heterocycles. The normalized spacial score (nSPS) is 18.0. The van der Waals surface area contributed by atoms with E-state index < -0.39 is 0 Å². The SMILES string of the molecule is Br.Br.NCCCCCC1(N)CCC1. The smallest absolute Gasteiger partial charge is 0.0154 e. The second-order valence-electron chi connectivity index (χ2n) is 3.82. The van der Waals surface area contributed by atoms with E-state index in [1.54, 1.807) is 0 Å². The van der Waals surface area contributed by atoms with Gasteiger partial charge in [0.15, 0.2) is 0 Å². The standard InChI is InChI=1S/C9H20N2.2BrH/c10-8-3-1-2-5-9(11)6-4-7-9;;/h1-8,10-11H2;2*1H. The zero-order valence-electron chi connectivity index (χ0n) is 8.13. The lowest BCUT2D eigenvalue weighted by atomic mass is 9.74. The molecule has 0 saturated heterocycles. The summed E-state index contributed by atoms with van der Waals surface area (Å²) in [5.41, 5.74) is 11.7. The highest BCUT2D eigenvalue weighted by Gasteiger charge is 2.31. The number of hydrogen-bond donors (Lipinski definition) is 2. The summed E-state index contributed by atoms with van der Waals surface area (Å²) in [6.45, 7) is 0.831. The van der Waals surface area contributed by atoms with Gasteiger partial charge in [0.2, 0.25) is 0 Å². The van der Waals surface area contributed by atoms with Crippen molar-refractivity contribution >= 4 is 34.0 Å². The van der Waals surface area contributed by atoms with Crippen LogP contribution >= 0.6 is 34.0 Å². The molecule has 0 unspecified atom stereocenters. The van der Waals surface area contributed by atoms with Gasteiger partial charge in [-0.3, -0.25) is 0 Å². The van der Waals surface area contributed by atoms with E-state index in [1.165, 1.54) is 38.5 Å². The van der Waals surface area contributed by atoms with Gasteiger partial charge in [0, 0.05) is 5.54 Å². The Morgan fingerprint density at radius 3 is 2.00 bits per heavy atom. The Labute approximate surface area is 102 Å². The second-order valence-corrected chi connectivity index (χ2v) is 3.82. The van der Waals surface area contributed by atoms with Crippen molar-refractivity contribution in [3.8, 4) is 0 Å². The van der Waals surface area contributed by atoms with Gasteiger partial charge in [-0.2, -0.15) is 0 Å². The third kappa shape index (κ3) is 6.05. The van der Waals surface area contributed by atoms with Crippen molar-refractivity contribution in [3.63, 3.8) is 0 Å². The number of nitrogens with two attached hydrogens (primary N) is 2. The highest BCUT2D eigenvalue weighted by atomic mass is 79.9. The molecule has 1 aliphatic rings. The maximum absolute atomic E-state index is 6.05. The molecule has 1 saturated carbocycles. The molecule has 0 aromatic rings. The molecule has 1 rings (SSSR count). The van der Waals surface area contributed by atoms with E-state index in [4.69, 9.17) is 11.5 Å². The first-order valence-corrected chi connectivity index (χ1v) is 4.76. The Bertz CT molecular complexity index is 116. The van der Waals surface area contributed by atoms with Crippen LogP contribution in [-0.4, -0.2) is 12.1 Å². The summed E-state index contributed by atoms with van der Waals surface area (Å²) in [5.74, 6) is 0. The van der Waals surface area contributed by atoms with Crippen LogP contribution in [0.3, 0.4) is 0 Å². The Kier molecular flexibility index (Phi) is 10.3. The molecule has 4 N–H and O–H groups in total. The van der Waals surface area contributed by atoms with Gasteiger partial charge in [0.1, 0.15) is 0 Å². The highest BCUT2D eigenvalue weighted by Crippen LogP contribution is 2.33. The van der Waals surface area contributed by atoms with Crippen LogP contribution in [0.25, 0.3) is 0 Å². The van der Waals surface area contributed by atoms with Gasteiger partial charge in [0.25, 0.3) is 0 Å². The molecular weight excluding hydrogens is 296 g/mol. The molecule has 0 spiro atoms. The summed E-state index contributed by atoms with van der Waals surface area (Å²) < 4.78 is 0. The lowest BCUT2D eigenvalue weighted by Crippen LogP contribution is -2.46. The van der Waals surface area contributed by atoms with Crippen molar-refractivity contribution in [3.05, 3.63) is 0 Å². The maximum atomic E-state index is 6.05. The molecule has 0 amide bonds. The van der Waals surface area contributed by atoms with Crippen molar-refractivity contribution < 1.29 is 0 Å². The van der Waals surface area contributed by atoms with E-state index in [0.29, 0.717) is 0 Å². The summed E-state index contributed by atoms with van der Waals surface area (Å²) in [4.78, 5) is 0. The lowest BCUT2D eigenvalue weighted by molar-refractivity contribution is 0.225.